The maximum absolute atomic E-state index is 6.02. The van der Waals surface area contributed by atoms with Crippen molar-refractivity contribution in [1.82, 2.24) is 0 Å². The smallest absolute Gasteiger partial charge is 0.140 e. The molecule has 0 amide bonds. The lowest BCUT2D eigenvalue weighted by Gasteiger charge is -2.14. The van der Waals surface area contributed by atoms with Crippen molar-refractivity contribution >= 4 is 40.4 Å². The van der Waals surface area contributed by atoms with Crippen LogP contribution < -0.4 is 10.5 Å². The third kappa shape index (κ3) is 3.24. The largest absolute Gasteiger partial charge is 0.495 e. The molecule has 0 bridgehead atoms. The normalized spacial score (nSPS) is 12.2. The fourth-order valence-corrected chi connectivity index (χ4v) is 2.12. The second kappa shape index (κ2) is 5.71. The molecule has 0 radical (unpaired) electrons. The van der Waals surface area contributed by atoms with Gasteiger partial charge >= 0.3 is 0 Å². The maximum Gasteiger partial charge on any atom is 0.140 e. The summed E-state index contributed by atoms with van der Waals surface area (Å²) < 4.78 is 5.24. The minimum atomic E-state index is 0.0819. The lowest BCUT2D eigenvalue weighted by atomic mass is 10.0. The number of benzene rings is 1. The van der Waals surface area contributed by atoms with Crippen LogP contribution in [0.3, 0.4) is 0 Å². The molecule has 0 fully saturated rings. The Balaban J connectivity index is 3.07. The summed E-state index contributed by atoms with van der Waals surface area (Å²) >= 11 is 16.9. The van der Waals surface area contributed by atoms with Gasteiger partial charge in [-0.2, -0.15) is 0 Å². The summed E-state index contributed by atoms with van der Waals surface area (Å²) in [6.45, 7) is 1.95. The summed E-state index contributed by atoms with van der Waals surface area (Å²) in [5, 5.41) is 1.08. The van der Waals surface area contributed by atoms with Crippen LogP contribution >= 0.6 is 35.4 Å². The van der Waals surface area contributed by atoms with Crippen molar-refractivity contribution in [3.63, 3.8) is 0 Å². The van der Waals surface area contributed by atoms with Gasteiger partial charge in [0.15, 0.2) is 0 Å². The topological polar surface area (TPSA) is 35.2 Å². The molecule has 1 unspecified atom stereocenters. The minimum absolute atomic E-state index is 0.0819. The van der Waals surface area contributed by atoms with Gasteiger partial charge in [-0.3, -0.25) is 0 Å². The molecule has 2 nitrogen and oxygen atoms in total. The zero-order valence-corrected chi connectivity index (χ0v) is 11.4. The number of hydrogen-bond acceptors (Lipinski definition) is 2. The number of rotatable bonds is 4. The van der Waals surface area contributed by atoms with E-state index in [-0.39, 0.29) is 5.92 Å². The highest BCUT2D eigenvalue weighted by Gasteiger charge is 2.14. The summed E-state index contributed by atoms with van der Waals surface area (Å²) in [6.07, 6.45) is 0.665. The second-order valence-corrected chi connectivity index (χ2v) is 4.90. The molecule has 0 saturated carbocycles. The van der Waals surface area contributed by atoms with Crippen LogP contribution in [-0.4, -0.2) is 12.1 Å². The van der Waals surface area contributed by atoms with E-state index in [1.165, 1.54) is 0 Å². The van der Waals surface area contributed by atoms with Gasteiger partial charge in [-0.25, -0.2) is 0 Å². The molecule has 1 atom stereocenters. The van der Waals surface area contributed by atoms with Crippen LogP contribution in [0.5, 0.6) is 5.75 Å². The van der Waals surface area contributed by atoms with E-state index in [9.17, 15) is 0 Å². The highest BCUT2D eigenvalue weighted by Crippen LogP contribution is 2.33. The molecule has 0 aromatic heterocycles. The lowest BCUT2D eigenvalue weighted by Crippen LogP contribution is -2.20. The van der Waals surface area contributed by atoms with Crippen LogP contribution in [-0.2, 0) is 6.42 Å². The maximum atomic E-state index is 6.02. The predicted octanol–water partition coefficient (Wildman–Crippen LogP) is 3.47. The number of nitrogens with two attached hydrogens (primary N) is 1. The third-order valence-electron chi connectivity index (χ3n) is 2.30. The Hall–Kier alpha value is -0.510. The van der Waals surface area contributed by atoms with E-state index < -0.39 is 0 Å². The molecule has 0 spiro atoms. The van der Waals surface area contributed by atoms with Crippen molar-refractivity contribution in [1.29, 1.82) is 0 Å². The first-order valence-corrected chi connectivity index (χ1v) is 5.93. The number of hydrogen-bond donors (Lipinski definition) is 1. The van der Waals surface area contributed by atoms with Crippen LogP contribution in [0.2, 0.25) is 10.0 Å². The quantitative estimate of drug-likeness (QED) is 0.856. The van der Waals surface area contributed by atoms with E-state index in [0.717, 1.165) is 5.56 Å². The van der Waals surface area contributed by atoms with Gasteiger partial charge in [0.05, 0.1) is 17.1 Å². The summed E-state index contributed by atoms with van der Waals surface area (Å²) in [4.78, 5) is 0.471. The Morgan fingerprint density at radius 3 is 2.62 bits per heavy atom. The van der Waals surface area contributed by atoms with Gasteiger partial charge in [-0.15, -0.1) is 0 Å². The van der Waals surface area contributed by atoms with Crippen LogP contribution in [0.15, 0.2) is 12.1 Å². The third-order valence-corrected chi connectivity index (χ3v) is 3.20. The Bertz CT molecular complexity index is 409. The Morgan fingerprint density at radius 1 is 1.50 bits per heavy atom. The van der Waals surface area contributed by atoms with E-state index in [4.69, 9.17) is 45.9 Å². The molecule has 88 valence electrons. The second-order valence-electron chi connectivity index (χ2n) is 3.59. The zero-order valence-electron chi connectivity index (χ0n) is 9.09. The number of halogens is 2. The average molecular weight is 278 g/mol. The van der Waals surface area contributed by atoms with Gasteiger partial charge in [-0.05, 0) is 24.1 Å². The molecule has 0 heterocycles. The molecule has 1 aromatic carbocycles. The van der Waals surface area contributed by atoms with Gasteiger partial charge in [0.25, 0.3) is 0 Å². The monoisotopic (exact) mass is 277 g/mol. The van der Waals surface area contributed by atoms with E-state index in [1.54, 1.807) is 13.2 Å². The van der Waals surface area contributed by atoms with Gasteiger partial charge in [0.2, 0.25) is 0 Å². The fraction of sp³-hybridized carbons (Fsp3) is 0.364. The first-order chi connectivity index (χ1) is 7.45. The molecule has 2 N–H and O–H groups in total. The predicted molar refractivity (Wildman–Crippen MR) is 72.7 cm³/mol. The van der Waals surface area contributed by atoms with Crippen molar-refractivity contribution < 1.29 is 4.74 Å². The summed E-state index contributed by atoms with van der Waals surface area (Å²) in [5.74, 6) is 0.715. The van der Waals surface area contributed by atoms with Crippen LogP contribution in [0.4, 0.5) is 0 Å². The average Bonchev–Trinajstić information content (AvgIpc) is 2.16. The van der Waals surface area contributed by atoms with Crippen molar-refractivity contribution in [2.45, 2.75) is 13.3 Å². The highest BCUT2D eigenvalue weighted by atomic mass is 35.5. The first-order valence-electron chi connectivity index (χ1n) is 4.77. The van der Waals surface area contributed by atoms with E-state index >= 15 is 0 Å². The standard InChI is InChI=1S/C11H13Cl2NOS/c1-6(11(14)16)3-7-4-8(12)5-9(13)10(7)15-2/h4-6H,3H2,1-2H3,(H2,14,16). The lowest BCUT2D eigenvalue weighted by molar-refractivity contribution is 0.408. The molecular formula is C11H13Cl2NOS. The summed E-state index contributed by atoms with van der Waals surface area (Å²) in [5.41, 5.74) is 6.49. The van der Waals surface area contributed by atoms with Crippen molar-refractivity contribution in [3.05, 3.63) is 27.7 Å². The van der Waals surface area contributed by atoms with E-state index in [0.29, 0.717) is 27.2 Å². The van der Waals surface area contributed by atoms with Gasteiger partial charge < -0.3 is 10.5 Å². The van der Waals surface area contributed by atoms with Crippen molar-refractivity contribution in [2.24, 2.45) is 11.7 Å². The van der Waals surface area contributed by atoms with Crippen LogP contribution in [0.1, 0.15) is 12.5 Å². The molecule has 1 aromatic rings. The minimum Gasteiger partial charge on any atom is -0.495 e. The van der Waals surface area contributed by atoms with Crippen LogP contribution in [0.25, 0.3) is 0 Å². The Labute approximate surface area is 111 Å². The Morgan fingerprint density at radius 2 is 2.12 bits per heavy atom. The molecule has 0 aliphatic heterocycles. The Kier molecular flexibility index (Phi) is 4.84. The highest BCUT2D eigenvalue weighted by molar-refractivity contribution is 7.80. The van der Waals surface area contributed by atoms with Gasteiger partial charge in [0, 0.05) is 10.9 Å². The molecular weight excluding hydrogens is 265 g/mol. The zero-order chi connectivity index (χ0) is 12.3. The van der Waals surface area contributed by atoms with Crippen molar-refractivity contribution in [3.8, 4) is 5.75 Å². The molecule has 0 aliphatic carbocycles. The number of thiocarbonyl (C=S) groups is 1. The van der Waals surface area contributed by atoms with E-state index in [1.807, 2.05) is 13.0 Å². The van der Waals surface area contributed by atoms with Gasteiger partial charge in [0.1, 0.15) is 5.75 Å². The van der Waals surface area contributed by atoms with Crippen molar-refractivity contribution in [2.75, 3.05) is 7.11 Å². The molecule has 5 heteroatoms. The molecule has 0 aliphatic rings. The summed E-state index contributed by atoms with van der Waals surface area (Å²) in [7, 11) is 1.57. The summed E-state index contributed by atoms with van der Waals surface area (Å²) in [6, 6.07) is 3.47. The SMILES string of the molecule is COc1c(Cl)cc(Cl)cc1CC(C)C(N)=S. The first kappa shape index (κ1) is 13.6. The molecule has 1 rings (SSSR count). The van der Waals surface area contributed by atoms with E-state index in [2.05, 4.69) is 0 Å². The van der Waals surface area contributed by atoms with Crippen LogP contribution in [0, 0.1) is 5.92 Å². The fourth-order valence-electron chi connectivity index (χ4n) is 1.42. The number of methoxy groups -OCH3 is 1. The number of ether oxygens (including phenoxy) is 1. The van der Waals surface area contributed by atoms with Gasteiger partial charge in [-0.1, -0.05) is 42.3 Å². The molecule has 16 heavy (non-hydrogen) atoms. The molecule has 0 saturated heterocycles.